The number of alkyl halides is 2. The Balaban J connectivity index is 0.00000364. The molecule has 12 heteroatoms. The molecule has 0 heterocycles. The molecule has 0 bridgehead atoms. The summed E-state index contributed by atoms with van der Waals surface area (Å²) in [6.45, 7) is 0. The number of carboxylic acid groups (broad SMARTS) is 1. The van der Waals surface area contributed by atoms with Crippen molar-refractivity contribution in [1.82, 2.24) is 0 Å². The van der Waals surface area contributed by atoms with Crippen LogP contribution in [0.2, 0.25) is 0 Å². The normalized spacial score (nSPS) is 13.4. The van der Waals surface area contributed by atoms with Gasteiger partial charge in [-0.3, -0.25) is 3.11 Å². The van der Waals surface area contributed by atoms with E-state index in [2.05, 4.69) is 22.6 Å². The number of aliphatic carboxylic acids is 1. The van der Waals surface area contributed by atoms with Crippen LogP contribution in [-0.4, -0.2) is 27.0 Å². The molecule has 0 unspecified atom stereocenters. The van der Waals surface area contributed by atoms with Crippen molar-refractivity contribution in [1.29, 1.82) is 0 Å². The molecule has 0 saturated heterocycles. The van der Waals surface area contributed by atoms with Crippen LogP contribution in [0.3, 0.4) is 0 Å². The van der Waals surface area contributed by atoms with Crippen molar-refractivity contribution in [3.05, 3.63) is 52.7 Å². The number of aliphatic hydroxyl groups is 1. The molecule has 2 aromatic rings. The third kappa shape index (κ3) is 5.14. The molecule has 0 saturated carbocycles. The van der Waals surface area contributed by atoms with E-state index >= 15 is 0 Å². The number of hydrogen-bond acceptors (Lipinski definition) is 4. The minimum absolute atomic E-state index is 0. The molecule has 2 rings (SSSR count). The van der Waals surface area contributed by atoms with Crippen LogP contribution in [0.1, 0.15) is 5.56 Å². The van der Waals surface area contributed by atoms with Crippen molar-refractivity contribution in [3.8, 4) is 5.75 Å². The summed E-state index contributed by atoms with van der Waals surface area (Å²) in [5.74, 6) is -1.22. The van der Waals surface area contributed by atoms with Gasteiger partial charge in [0.15, 0.2) is 1.43 Å². The number of hydrogen-bond donors (Lipinski definition) is 3. The summed E-state index contributed by atoms with van der Waals surface area (Å²) in [7, 11) is 0. The predicted octanol–water partition coefficient (Wildman–Crippen LogP) is 6.28. The lowest BCUT2D eigenvalue weighted by Gasteiger charge is -2.42. The molecule has 0 spiro atoms. The molecular weight excluding hydrogens is 1060 g/mol. The third-order valence-corrected chi connectivity index (χ3v) is 11.4. The predicted molar refractivity (Wildman–Crippen MR) is 159 cm³/mol. The standard InChI is InChI=1S/C15H9I6NO4.ClH/c16-9-6-8(10(17)11(18)12(9)23)14(19,20)15(26,13(24)25)22(21)7-4-2-1-3-5-7;/h1-6,23,26H,(H,24,25);1H/t15-;/m0./s1. The van der Waals surface area contributed by atoms with Crippen LogP contribution in [0.4, 0.5) is 5.69 Å². The first-order valence-corrected chi connectivity index (χ1v) is 13.0. The lowest BCUT2D eigenvalue weighted by atomic mass is 10.0. The highest BCUT2D eigenvalue weighted by Gasteiger charge is 2.59. The number of carboxylic acids is 1. The smallest absolute Gasteiger partial charge is 0.360 e. The molecule has 0 aliphatic heterocycles. The first-order valence-electron chi connectivity index (χ1n) is 6.67. The van der Waals surface area contributed by atoms with E-state index in [0.29, 0.717) is 22.0 Å². The number of halogens is 7. The zero-order valence-electron chi connectivity index (χ0n) is 12.8. The van der Waals surface area contributed by atoms with Crippen molar-refractivity contribution in [2.75, 3.05) is 3.11 Å². The first kappa shape index (κ1) is 27.2. The van der Waals surface area contributed by atoms with Crippen LogP contribution in [0, 0.1) is 10.7 Å². The Morgan fingerprint density at radius 2 is 1.56 bits per heavy atom. The van der Waals surface area contributed by atoms with Crippen molar-refractivity contribution < 1.29 is 20.1 Å². The first-order chi connectivity index (χ1) is 12.0. The van der Waals surface area contributed by atoms with E-state index in [1.165, 1.54) is 3.11 Å². The maximum absolute atomic E-state index is 12.2. The van der Waals surface area contributed by atoms with Gasteiger partial charge in [-0.05, 0) is 91.5 Å². The molecule has 148 valence electrons. The summed E-state index contributed by atoms with van der Waals surface area (Å²) < 4.78 is 1.98. The van der Waals surface area contributed by atoms with Crippen LogP contribution in [0.5, 0.6) is 5.75 Å². The van der Waals surface area contributed by atoms with Gasteiger partial charge < -0.3 is 15.3 Å². The van der Waals surface area contributed by atoms with E-state index in [9.17, 15) is 20.1 Å². The number of nitrogens with zero attached hydrogens (tertiary/aromatic N) is 1. The molecule has 0 radical (unpaired) electrons. The van der Waals surface area contributed by atoms with Gasteiger partial charge in [0.25, 0.3) is 5.72 Å². The number of rotatable bonds is 5. The van der Waals surface area contributed by atoms with Crippen molar-refractivity contribution in [2.24, 2.45) is 0 Å². The second-order valence-electron chi connectivity index (χ2n) is 5.05. The lowest BCUT2D eigenvalue weighted by Crippen LogP contribution is -2.60. The minimum Gasteiger partial charge on any atom is -0.506 e. The number of benzene rings is 2. The van der Waals surface area contributed by atoms with Gasteiger partial charge in [0.2, 0.25) is 0 Å². The van der Waals surface area contributed by atoms with Crippen molar-refractivity contribution in [3.63, 3.8) is 0 Å². The highest BCUT2D eigenvalue weighted by Crippen LogP contribution is 2.54. The summed E-state index contributed by atoms with van der Waals surface area (Å²) in [6, 6.07) is 10.6. The van der Waals surface area contributed by atoms with E-state index in [1.54, 1.807) is 30.3 Å². The quantitative estimate of drug-likeness (QED) is 0.108. The van der Waals surface area contributed by atoms with Gasteiger partial charge in [-0.1, -0.05) is 63.4 Å². The van der Waals surface area contributed by atoms with Crippen molar-refractivity contribution >= 4 is 160 Å². The van der Waals surface area contributed by atoms with Crippen LogP contribution in [0.15, 0.2) is 36.4 Å². The molecule has 2 aromatic carbocycles. The highest BCUT2D eigenvalue weighted by atomic mass is 127. The van der Waals surface area contributed by atoms with Crippen LogP contribution >= 0.6 is 148 Å². The van der Waals surface area contributed by atoms with Gasteiger partial charge in [0.1, 0.15) is 5.75 Å². The molecule has 0 aliphatic rings. The van der Waals surface area contributed by atoms with Gasteiger partial charge in [-0.25, -0.2) is 4.79 Å². The Hall–Kier alpha value is 2.14. The molecule has 0 fully saturated rings. The molecule has 5 nitrogen and oxygen atoms in total. The molecule has 3 N–H and O–H groups in total. The molecule has 1 atom stereocenters. The maximum atomic E-state index is 12.2. The van der Waals surface area contributed by atoms with Gasteiger partial charge in [0, 0.05) is 9.26 Å². The zero-order chi connectivity index (χ0) is 19.9. The van der Waals surface area contributed by atoms with E-state index < -0.39 is 13.1 Å². The van der Waals surface area contributed by atoms with Gasteiger partial charge in [-0.15, -0.1) is 12.4 Å². The average molecular weight is 1070 g/mol. The largest absolute Gasteiger partial charge is 0.506 e. The summed E-state index contributed by atoms with van der Waals surface area (Å²) in [6.07, 6.45) is 0. The number of para-hydroxylation sites is 1. The Kier molecular flexibility index (Phi) is 10.7. The van der Waals surface area contributed by atoms with Gasteiger partial charge in [-0.2, -0.15) is 0 Å². The second kappa shape index (κ2) is 10.6. The number of phenols is 1. The van der Waals surface area contributed by atoms with E-state index in [1.807, 2.05) is 119 Å². The van der Waals surface area contributed by atoms with E-state index in [4.69, 9.17) is 0 Å². The zero-order valence-corrected chi connectivity index (χ0v) is 26.6. The molecule has 0 aromatic heterocycles. The Labute approximate surface area is 244 Å². The fourth-order valence-corrected chi connectivity index (χ4v) is 9.22. The van der Waals surface area contributed by atoms with Crippen LogP contribution < -0.4 is 3.11 Å². The Bertz CT molecular complexity index is 854. The Morgan fingerprint density at radius 3 is 2.04 bits per heavy atom. The number of carbonyl (C=O) groups is 1. The van der Waals surface area contributed by atoms with Crippen LogP contribution in [-0.2, 0) is 6.22 Å². The summed E-state index contributed by atoms with van der Waals surface area (Å²) in [5, 5.41) is 31.5. The number of phenolic OH excluding ortho intramolecular Hbond substituents is 1. The topological polar surface area (TPSA) is 81.0 Å². The molecular formula is C15H10ClI6NO4. The highest BCUT2D eigenvalue weighted by molar-refractivity contribution is 14.2. The maximum Gasteiger partial charge on any atom is 0.360 e. The lowest BCUT2D eigenvalue weighted by molar-refractivity contribution is -0.156. The minimum atomic E-state index is -2.25. The average Bonchev–Trinajstić information content (AvgIpc) is 2.61. The summed E-state index contributed by atoms with van der Waals surface area (Å²) in [5.41, 5.74) is -1.07. The summed E-state index contributed by atoms with van der Waals surface area (Å²) in [4.78, 5) is 12.2. The third-order valence-electron chi connectivity index (χ3n) is 3.48. The monoisotopic (exact) mass is 1060 g/mol. The fraction of sp³-hybridized carbons (Fsp3) is 0.133. The number of aromatic hydroxyl groups is 1. The van der Waals surface area contributed by atoms with Crippen LogP contribution in [0.25, 0.3) is 0 Å². The van der Waals surface area contributed by atoms with Gasteiger partial charge in [0.05, 0.1) is 30.0 Å². The van der Waals surface area contributed by atoms with Crippen molar-refractivity contribution in [2.45, 2.75) is 7.15 Å². The molecule has 27 heavy (non-hydrogen) atoms. The molecule has 0 aliphatic carbocycles. The second-order valence-corrected chi connectivity index (χ2v) is 14.6. The summed E-state index contributed by atoms with van der Waals surface area (Å²) >= 11 is 11.8. The van der Waals surface area contributed by atoms with E-state index in [0.717, 1.165) is 0 Å². The fourth-order valence-electron chi connectivity index (χ4n) is 2.09. The van der Waals surface area contributed by atoms with E-state index in [-0.39, 0.29) is 18.2 Å². The van der Waals surface area contributed by atoms with Gasteiger partial charge >= 0.3 is 5.97 Å². The SMILES string of the molecule is Cl.O=C(O)[C@@](O)(N(I)c1ccccc1)C(I)(I)c1cc(I)c(O)c(I)c1I. The number of anilines is 1. The Morgan fingerprint density at radius 1 is 1.04 bits per heavy atom. The molecule has 0 amide bonds.